The van der Waals surface area contributed by atoms with Crippen LogP contribution < -0.4 is 5.32 Å². The Kier molecular flexibility index (Phi) is 4.16. The Balaban J connectivity index is 2.23. The standard InChI is InChI=1S/C12H15N5OS/c1-8-4-5-10(6-9(8)2)17-12(14-15-16-17)19-7-11(18)13-3/h4-6H,7H2,1-3H3,(H,13,18). The SMILES string of the molecule is CNC(=O)CSc1nnnn1-c1ccc(C)c(C)c1. The van der Waals surface area contributed by atoms with Crippen molar-refractivity contribution in [2.45, 2.75) is 19.0 Å². The van der Waals surface area contributed by atoms with Crippen LogP contribution in [0.1, 0.15) is 11.1 Å². The van der Waals surface area contributed by atoms with E-state index in [0.717, 1.165) is 5.69 Å². The second-order valence-corrected chi connectivity index (χ2v) is 5.05. The predicted octanol–water partition coefficient (Wildman–Crippen LogP) is 1.12. The predicted molar refractivity (Wildman–Crippen MR) is 73.4 cm³/mol. The Labute approximate surface area is 115 Å². The number of carbonyl (C=O) groups excluding carboxylic acids is 1. The normalized spacial score (nSPS) is 10.5. The maximum absolute atomic E-state index is 11.2. The molecule has 1 aromatic carbocycles. The van der Waals surface area contributed by atoms with Crippen molar-refractivity contribution in [3.05, 3.63) is 29.3 Å². The number of hydrogen-bond acceptors (Lipinski definition) is 5. The molecule has 100 valence electrons. The minimum absolute atomic E-state index is 0.0559. The molecule has 0 aliphatic carbocycles. The van der Waals surface area contributed by atoms with Gasteiger partial charge in [-0.15, -0.1) is 5.10 Å². The molecule has 0 radical (unpaired) electrons. The molecule has 1 N–H and O–H groups in total. The van der Waals surface area contributed by atoms with Gasteiger partial charge in [-0.05, 0) is 47.5 Å². The van der Waals surface area contributed by atoms with Crippen molar-refractivity contribution in [3.63, 3.8) is 0 Å². The Hall–Kier alpha value is -1.89. The van der Waals surface area contributed by atoms with Gasteiger partial charge in [-0.25, -0.2) is 0 Å². The zero-order valence-electron chi connectivity index (χ0n) is 11.0. The smallest absolute Gasteiger partial charge is 0.230 e. The number of benzene rings is 1. The molecular formula is C12H15N5OS. The molecule has 0 aliphatic rings. The average molecular weight is 277 g/mol. The third-order valence-corrected chi connectivity index (χ3v) is 3.71. The minimum atomic E-state index is -0.0559. The Bertz CT molecular complexity index is 596. The molecule has 0 atom stereocenters. The quantitative estimate of drug-likeness (QED) is 0.848. The third-order valence-electron chi connectivity index (χ3n) is 2.79. The van der Waals surface area contributed by atoms with Crippen LogP contribution in [0.15, 0.2) is 23.4 Å². The van der Waals surface area contributed by atoms with Gasteiger partial charge < -0.3 is 5.32 Å². The van der Waals surface area contributed by atoms with Crippen LogP contribution in [0.25, 0.3) is 5.69 Å². The highest BCUT2D eigenvalue weighted by molar-refractivity contribution is 7.99. The molecule has 0 saturated carbocycles. The van der Waals surface area contributed by atoms with Crippen molar-refractivity contribution in [1.29, 1.82) is 0 Å². The number of aromatic nitrogens is 4. The lowest BCUT2D eigenvalue weighted by Gasteiger charge is -2.06. The molecule has 1 amide bonds. The largest absolute Gasteiger partial charge is 0.358 e. The number of carbonyl (C=O) groups is 1. The maximum Gasteiger partial charge on any atom is 0.230 e. The second-order valence-electron chi connectivity index (χ2n) is 4.10. The number of nitrogens with zero attached hydrogens (tertiary/aromatic N) is 4. The lowest BCUT2D eigenvalue weighted by Crippen LogP contribution is -2.20. The van der Waals surface area contributed by atoms with Crippen LogP contribution in [0.5, 0.6) is 0 Å². The molecule has 0 fully saturated rings. The maximum atomic E-state index is 11.2. The number of rotatable bonds is 4. The van der Waals surface area contributed by atoms with Gasteiger partial charge in [-0.2, -0.15) is 4.68 Å². The van der Waals surface area contributed by atoms with Gasteiger partial charge in [0.05, 0.1) is 11.4 Å². The lowest BCUT2D eigenvalue weighted by molar-refractivity contribution is -0.118. The van der Waals surface area contributed by atoms with Gasteiger partial charge in [0.15, 0.2) is 0 Å². The first-order valence-electron chi connectivity index (χ1n) is 5.81. The lowest BCUT2D eigenvalue weighted by atomic mass is 10.1. The molecule has 19 heavy (non-hydrogen) atoms. The molecule has 7 heteroatoms. The molecule has 0 aliphatic heterocycles. The molecule has 1 aromatic heterocycles. The molecule has 0 spiro atoms. The molecule has 0 saturated heterocycles. The summed E-state index contributed by atoms with van der Waals surface area (Å²) in [6.45, 7) is 4.10. The first-order valence-corrected chi connectivity index (χ1v) is 6.79. The first-order chi connectivity index (χ1) is 9.11. The van der Waals surface area contributed by atoms with Crippen molar-refractivity contribution in [3.8, 4) is 5.69 Å². The summed E-state index contributed by atoms with van der Waals surface area (Å²) in [6.07, 6.45) is 0. The van der Waals surface area contributed by atoms with E-state index in [1.54, 1.807) is 11.7 Å². The number of tetrazole rings is 1. The Morgan fingerprint density at radius 2 is 2.16 bits per heavy atom. The van der Waals surface area contributed by atoms with E-state index in [9.17, 15) is 4.79 Å². The first kappa shape index (κ1) is 13.5. The van der Waals surface area contributed by atoms with Gasteiger partial charge in [0.2, 0.25) is 11.1 Å². The molecule has 2 rings (SSSR count). The van der Waals surface area contributed by atoms with E-state index < -0.39 is 0 Å². The van der Waals surface area contributed by atoms with E-state index in [-0.39, 0.29) is 5.91 Å². The average Bonchev–Trinajstić information content (AvgIpc) is 2.87. The van der Waals surface area contributed by atoms with Crippen LogP contribution >= 0.6 is 11.8 Å². The highest BCUT2D eigenvalue weighted by Crippen LogP contribution is 2.19. The minimum Gasteiger partial charge on any atom is -0.358 e. The summed E-state index contributed by atoms with van der Waals surface area (Å²) >= 11 is 1.31. The highest BCUT2D eigenvalue weighted by atomic mass is 32.2. The van der Waals surface area contributed by atoms with E-state index >= 15 is 0 Å². The molecule has 6 nitrogen and oxygen atoms in total. The summed E-state index contributed by atoms with van der Waals surface area (Å²) in [5.41, 5.74) is 3.29. The van der Waals surface area contributed by atoms with E-state index in [2.05, 4.69) is 27.8 Å². The van der Waals surface area contributed by atoms with Gasteiger partial charge in [-0.3, -0.25) is 4.79 Å². The van der Waals surface area contributed by atoms with Crippen LogP contribution in [0.2, 0.25) is 0 Å². The van der Waals surface area contributed by atoms with Gasteiger partial charge in [0.25, 0.3) is 0 Å². The van der Waals surface area contributed by atoms with Crippen LogP contribution in [-0.2, 0) is 4.79 Å². The number of hydrogen-bond donors (Lipinski definition) is 1. The summed E-state index contributed by atoms with van der Waals surface area (Å²) in [5.74, 6) is 0.237. The van der Waals surface area contributed by atoms with E-state index in [0.29, 0.717) is 10.9 Å². The molecule has 2 aromatic rings. The van der Waals surface area contributed by atoms with Crippen LogP contribution in [0, 0.1) is 13.8 Å². The zero-order valence-corrected chi connectivity index (χ0v) is 11.9. The van der Waals surface area contributed by atoms with Gasteiger partial charge in [-0.1, -0.05) is 17.8 Å². The van der Waals surface area contributed by atoms with Crippen molar-refractivity contribution >= 4 is 17.7 Å². The Morgan fingerprint density at radius 3 is 2.84 bits per heavy atom. The van der Waals surface area contributed by atoms with Crippen LogP contribution in [0.4, 0.5) is 0 Å². The fourth-order valence-electron chi connectivity index (χ4n) is 1.49. The van der Waals surface area contributed by atoms with E-state index in [1.807, 2.05) is 25.1 Å². The monoisotopic (exact) mass is 277 g/mol. The number of thioether (sulfide) groups is 1. The van der Waals surface area contributed by atoms with Crippen LogP contribution in [0.3, 0.4) is 0 Å². The summed E-state index contributed by atoms with van der Waals surface area (Å²) in [4.78, 5) is 11.2. The summed E-state index contributed by atoms with van der Waals surface area (Å²) in [6, 6.07) is 6.01. The molecule has 0 unspecified atom stereocenters. The third kappa shape index (κ3) is 3.11. The number of nitrogens with one attached hydrogen (secondary N) is 1. The van der Waals surface area contributed by atoms with Gasteiger partial charge in [0, 0.05) is 7.05 Å². The molecule has 0 bridgehead atoms. The fraction of sp³-hybridized carbons (Fsp3) is 0.333. The van der Waals surface area contributed by atoms with E-state index in [4.69, 9.17) is 0 Å². The zero-order chi connectivity index (χ0) is 13.8. The number of aryl methyl sites for hydroxylation is 2. The molecule has 1 heterocycles. The van der Waals surface area contributed by atoms with Crippen molar-refractivity contribution in [2.75, 3.05) is 12.8 Å². The van der Waals surface area contributed by atoms with Crippen molar-refractivity contribution < 1.29 is 4.79 Å². The fourth-order valence-corrected chi connectivity index (χ4v) is 2.25. The number of amides is 1. The highest BCUT2D eigenvalue weighted by Gasteiger charge is 2.11. The second kappa shape index (κ2) is 5.83. The Morgan fingerprint density at radius 1 is 1.37 bits per heavy atom. The summed E-state index contributed by atoms with van der Waals surface area (Å²) in [5, 5.41) is 14.7. The van der Waals surface area contributed by atoms with E-state index in [1.165, 1.54) is 22.9 Å². The topological polar surface area (TPSA) is 72.7 Å². The van der Waals surface area contributed by atoms with Crippen molar-refractivity contribution in [1.82, 2.24) is 25.5 Å². The van der Waals surface area contributed by atoms with Crippen LogP contribution in [-0.4, -0.2) is 38.9 Å². The summed E-state index contributed by atoms with van der Waals surface area (Å²) < 4.78 is 1.64. The van der Waals surface area contributed by atoms with Gasteiger partial charge >= 0.3 is 0 Å². The summed E-state index contributed by atoms with van der Waals surface area (Å²) in [7, 11) is 1.61. The van der Waals surface area contributed by atoms with Crippen molar-refractivity contribution in [2.24, 2.45) is 0 Å². The molecular weight excluding hydrogens is 262 g/mol. The van der Waals surface area contributed by atoms with Gasteiger partial charge in [0.1, 0.15) is 0 Å².